The lowest BCUT2D eigenvalue weighted by molar-refractivity contribution is 0.417. The van der Waals surface area contributed by atoms with E-state index in [1.165, 1.54) is 18.2 Å². The van der Waals surface area contributed by atoms with Crippen LogP contribution in [0.2, 0.25) is 0 Å². The highest BCUT2D eigenvalue weighted by Gasteiger charge is 2.13. The van der Waals surface area contributed by atoms with Crippen molar-refractivity contribution < 1.29 is 9.13 Å². The van der Waals surface area contributed by atoms with Crippen molar-refractivity contribution in [3.05, 3.63) is 88.5 Å². The third kappa shape index (κ3) is 3.12. The lowest BCUT2D eigenvalue weighted by Gasteiger charge is -2.13. The van der Waals surface area contributed by atoms with Gasteiger partial charge < -0.3 is 9.72 Å². The summed E-state index contributed by atoms with van der Waals surface area (Å²) in [5.74, 6) is 0.250. The van der Waals surface area contributed by atoms with Crippen molar-refractivity contribution >= 4 is 10.9 Å². The first kappa shape index (κ1) is 17.5. The standard InChI is InChI=1S/C23H15FN2O2/c1-28-22-12-21-20(10-19(22)15-5-7-17(24)8-6-15)18(11-23(27)26-21)16-4-2-3-14(9-16)13-25/h2-12H,1H3,(H,26,27). The predicted octanol–water partition coefficient (Wildman–Crippen LogP) is 4.88. The Labute approximate surface area is 160 Å². The molecule has 1 aromatic heterocycles. The molecule has 3 aromatic carbocycles. The zero-order valence-electron chi connectivity index (χ0n) is 15.0. The average molecular weight is 370 g/mol. The first-order valence-corrected chi connectivity index (χ1v) is 8.60. The topological polar surface area (TPSA) is 65.9 Å². The molecule has 0 radical (unpaired) electrons. The fourth-order valence-electron chi connectivity index (χ4n) is 3.30. The van der Waals surface area contributed by atoms with E-state index in [2.05, 4.69) is 11.1 Å². The molecule has 4 nitrogen and oxygen atoms in total. The monoisotopic (exact) mass is 370 g/mol. The van der Waals surface area contributed by atoms with Gasteiger partial charge in [0.1, 0.15) is 11.6 Å². The number of pyridine rings is 1. The number of H-pyrrole nitrogens is 1. The molecular weight excluding hydrogens is 355 g/mol. The Hall–Kier alpha value is -3.91. The van der Waals surface area contributed by atoms with E-state index >= 15 is 0 Å². The Morgan fingerprint density at radius 2 is 1.75 bits per heavy atom. The van der Waals surface area contributed by atoms with Gasteiger partial charge in [0.05, 0.1) is 24.3 Å². The van der Waals surface area contributed by atoms with E-state index < -0.39 is 0 Å². The maximum Gasteiger partial charge on any atom is 0.249 e. The molecular formula is C23H15FN2O2. The average Bonchev–Trinajstić information content (AvgIpc) is 2.73. The van der Waals surface area contributed by atoms with Crippen molar-refractivity contribution in [3.63, 3.8) is 0 Å². The summed E-state index contributed by atoms with van der Waals surface area (Å²) >= 11 is 0. The number of nitriles is 1. The number of aromatic nitrogens is 1. The molecule has 0 aliphatic carbocycles. The van der Waals surface area contributed by atoms with E-state index in [1.807, 2.05) is 12.1 Å². The van der Waals surface area contributed by atoms with Gasteiger partial charge in [0.2, 0.25) is 5.56 Å². The van der Waals surface area contributed by atoms with E-state index in [0.717, 1.165) is 22.1 Å². The van der Waals surface area contributed by atoms with Crippen LogP contribution in [0.4, 0.5) is 4.39 Å². The number of benzene rings is 3. The molecule has 0 amide bonds. The molecule has 0 saturated heterocycles. The van der Waals surface area contributed by atoms with Crippen LogP contribution in [0, 0.1) is 17.1 Å². The van der Waals surface area contributed by atoms with Gasteiger partial charge in [0.25, 0.3) is 0 Å². The van der Waals surface area contributed by atoms with Gasteiger partial charge in [-0.25, -0.2) is 4.39 Å². The molecule has 0 unspecified atom stereocenters. The van der Waals surface area contributed by atoms with E-state index in [-0.39, 0.29) is 11.4 Å². The summed E-state index contributed by atoms with van der Waals surface area (Å²) in [5, 5.41) is 10.00. The van der Waals surface area contributed by atoms with E-state index in [4.69, 9.17) is 4.74 Å². The van der Waals surface area contributed by atoms with Crippen LogP contribution in [0.15, 0.2) is 71.5 Å². The molecule has 28 heavy (non-hydrogen) atoms. The van der Waals surface area contributed by atoms with Crippen LogP contribution in [0.25, 0.3) is 33.2 Å². The molecule has 5 heteroatoms. The number of hydrogen-bond donors (Lipinski definition) is 1. The number of nitrogens with one attached hydrogen (secondary N) is 1. The Morgan fingerprint density at radius 3 is 2.46 bits per heavy atom. The molecule has 136 valence electrons. The fourth-order valence-corrected chi connectivity index (χ4v) is 3.30. The van der Waals surface area contributed by atoms with Crippen molar-refractivity contribution in [2.24, 2.45) is 0 Å². The van der Waals surface area contributed by atoms with Gasteiger partial charge in [-0.15, -0.1) is 0 Å². The Kier molecular flexibility index (Phi) is 4.38. The second-order valence-electron chi connectivity index (χ2n) is 6.34. The van der Waals surface area contributed by atoms with Crippen LogP contribution in [0.1, 0.15) is 5.56 Å². The maximum atomic E-state index is 13.3. The van der Waals surface area contributed by atoms with Gasteiger partial charge in [-0.05, 0) is 47.0 Å². The number of fused-ring (bicyclic) bond motifs is 1. The zero-order valence-corrected chi connectivity index (χ0v) is 15.0. The molecule has 4 rings (SSSR count). The number of hydrogen-bond acceptors (Lipinski definition) is 3. The van der Waals surface area contributed by atoms with Gasteiger partial charge in [-0.2, -0.15) is 5.26 Å². The Bertz CT molecular complexity index is 1280. The van der Waals surface area contributed by atoms with Crippen molar-refractivity contribution in [3.8, 4) is 34.1 Å². The smallest absolute Gasteiger partial charge is 0.249 e. The molecule has 0 bridgehead atoms. The summed E-state index contributed by atoms with van der Waals surface area (Å²) in [6.45, 7) is 0. The predicted molar refractivity (Wildman–Crippen MR) is 107 cm³/mol. The van der Waals surface area contributed by atoms with Crippen LogP contribution in [0.3, 0.4) is 0 Å². The normalized spacial score (nSPS) is 10.6. The zero-order chi connectivity index (χ0) is 19.7. The van der Waals surface area contributed by atoms with Gasteiger partial charge in [-0.1, -0.05) is 24.3 Å². The molecule has 0 spiro atoms. The Morgan fingerprint density at radius 1 is 0.964 bits per heavy atom. The van der Waals surface area contributed by atoms with Crippen LogP contribution < -0.4 is 10.3 Å². The SMILES string of the molecule is COc1cc2[nH]c(=O)cc(-c3cccc(C#N)c3)c2cc1-c1ccc(F)cc1. The summed E-state index contributed by atoms with van der Waals surface area (Å²) in [6, 6.07) is 20.5. The number of nitrogens with zero attached hydrogens (tertiary/aromatic N) is 1. The van der Waals surface area contributed by atoms with Crippen molar-refractivity contribution in [1.82, 2.24) is 4.98 Å². The summed E-state index contributed by atoms with van der Waals surface area (Å²) in [4.78, 5) is 15.1. The van der Waals surface area contributed by atoms with Crippen LogP contribution in [-0.2, 0) is 0 Å². The summed E-state index contributed by atoms with van der Waals surface area (Å²) in [6.07, 6.45) is 0. The van der Waals surface area contributed by atoms with Crippen LogP contribution in [-0.4, -0.2) is 12.1 Å². The summed E-state index contributed by atoms with van der Waals surface area (Å²) < 4.78 is 18.8. The lowest BCUT2D eigenvalue weighted by atomic mass is 9.96. The highest BCUT2D eigenvalue weighted by atomic mass is 19.1. The Balaban J connectivity index is 2.03. The number of aromatic amines is 1. The van der Waals surface area contributed by atoms with E-state index in [0.29, 0.717) is 22.4 Å². The number of rotatable bonds is 3. The van der Waals surface area contributed by atoms with Gasteiger partial charge in [0, 0.05) is 23.1 Å². The minimum atomic E-state index is -0.318. The molecule has 4 aromatic rings. The number of ether oxygens (including phenoxy) is 1. The minimum Gasteiger partial charge on any atom is -0.496 e. The number of halogens is 1. The summed E-state index contributed by atoms with van der Waals surface area (Å²) in [5.41, 5.74) is 3.93. The molecule has 1 N–H and O–H groups in total. The lowest BCUT2D eigenvalue weighted by Crippen LogP contribution is -2.05. The molecule has 1 heterocycles. The van der Waals surface area contributed by atoms with Crippen molar-refractivity contribution in [1.29, 1.82) is 5.26 Å². The highest BCUT2D eigenvalue weighted by Crippen LogP contribution is 2.37. The van der Waals surface area contributed by atoms with Crippen LogP contribution in [0.5, 0.6) is 5.75 Å². The number of methoxy groups -OCH3 is 1. The second kappa shape index (κ2) is 7.01. The van der Waals surface area contributed by atoms with Crippen molar-refractivity contribution in [2.45, 2.75) is 0 Å². The second-order valence-corrected chi connectivity index (χ2v) is 6.34. The molecule has 0 fully saturated rings. The largest absolute Gasteiger partial charge is 0.496 e. The first-order chi connectivity index (χ1) is 13.6. The molecule has 0 aliphatic heterocycles. The van der Waals surface area contributed by atoms with Gasteiger partial charge >= 0.3 is 0 Å². The molecule has 0 saturated carbocycles. The van der Waals surface area contributed by atoms with Gasteiger partial charge in [0.15, 0.2) is 0 Å². The fraction of sp³-hybridized carbons (Fsp3) is 0.0435. The quantitative estimate of drug-likeness (QED) is 0.559. The third-order valence-corrected chi connectivity index (χ3v) is 4.62. The maximum absolute atomic E-state index is 13.3. The van der Waals surface area contributed by atoms with E-state index in [1.54, 1.807) is 43.5 Å². The minimum absolute atomic E-state index is 0.249. The van der Waals surface area contributed by atoms with Crippen molar-refractivity contribution in [2.75, 3.05) is 7.11 Å². The summed E-state index contributed by atoms with van der Waals surface area (Å²) in [7, 11) is 1.55. The first-order valence-electron chi connectivity index (χ1n) is 8.60. The molecule has 0 atom stereocenters. The van der Waals surface area contributed by atoms with E-state index in [9.17, 15) is 14.4 Å². The van der Waals surface area contributed by atoms with Gasteiger partial charge in [-0.3, -0.25) is 4.79 Å². The molecule has 0 aliphatic rings. The highest BCUT2D eigenvalue weighted by molar-refractivity contribution is 5.98. The van der Waals surface area contributed by atoms with Crippen LogP contribution >= 0.6 is 0 Å². The third-order valence-electron chi connectivity index (χ3n) is 4.62.